The molecule has 2 aromatic carbocycles. The third-order valence-electron chi connectivity index (χ3n) is 3.50. The standard InChI is InChI=1S/C17H18ClFN2O/c1-11(13-6-4-3-5-7-13)20-12(2)17(22)21-14-8-9-16(19)15(18)10-14/h3-12,20H,1-2H3,(H,21,22)/p+1/t11-,12+/m0/s1. The van der Waals surface area contributed by atoms with Crippen LogP contribution in [0.25, 0.3) is 0 Å². The van der Waals surface area contributed by atoms with Crippen LogP contribution in [0.5, 0.6) is 0 Å². The second-order valence-corrected chi connectivity index (χ2v) is 5.71. The molecule has 116 valence electrons. The van der Waals surface area contributed by atoms with Crippen molar-refractivity contribution < 1.29 is 14.5 Å². The zero-order valence-corrected chi connectivity index (χ0v) is 13.3. The van der Waals surface area contributed by atoms with Gasteiger partial charge in [-0.2, -0.15) is 0 Å². The van der Waals surface area contributed by atoms with Crippen molar-refractivity contribution in [1.29, 1.82) is 0 Å². The van der Waals surface area contributed by atoms with Gasteiger partial charge in [-0.15, -0.1) is 0 Å². The summed E-state index contributed by atoms with van der Waals surface area (Å²) in [6.45, 7) is 3.88. The number of benzene rings is 2. The van der Waals surface area contributed by atoms with Crippen molar-refractivity contribution >= 4 is 23.2 Å². The number of anilines is 1. The van der Waals surface area contributed by atoms with Crippen molar-refractivity contribution in [3.05, 3.63) is 64.9 Å². The number of carbonyl (C=O) groups is 1. The Morgan fingerprint density at radius 2 is 1.86 bits per heavy atom. The second-order valence-electron chi connectivity index (χ2n) is 5.30. The second kappa shape index (κ2) is 7.38. The van der Waals surface area contributed by atoms with Crippen LogP contribution in [0.1, 0.15) is 25.5 Å². The van der Waals surface area contributed by atoms with Crippen LogP contribution in [0.3, 0.4) is 0 Å². The Hall–Kier alpha value is -1.91. The Kier molecular flexibility index (Phi) is 5.52. The van der Waals surface area contributed by atoms with E-state index < -0.39 is 5.82 Å². The molecule has 0 bridgehead atoms. The van der Waals surface area contributed by atoms with Gasteiger partial charge in [-0.05, 0) is 32.0 Å². The van der Waals surface area contributed by atoms with Crippen LogP contribution in [0, 0.1) is 5.82 Å². The molecule has 0 aromatic heterocycles. The van der Waals surface area contributed by atoms with Gasteiger partial charge in [0.1, 0.15) is 11.9 Å². The zero-order valence-electron chi connectivity index (χ0n) is 12.5. The molecule has 0 unspecified atom stereocenters. The number of carbonyl (C=O) groups excluding carboxylic acids is 1. The van der Waals surface area contributed by atoms with Crippen molar-refractivity contribution in [3.8, 4) is 0 Å². The number of hydrogen-bond donors (Lipinski definition) is 2. The SMILES string of the molecule is C[C@H]([NH2+][C@H](C)C(=O)Nc1ccc(F)c(Cl)c1)c1ccccc1. The van der Waals surface area contributed by atoms with Crippen LogP contribution < -0.4 is 10.6 Å². The van der Waals surface area contributed by atoms with Crippen LogP contribution in [-0.4, -0.2) is 11.9 Å². The van der Waals surface area contributed by atoms with E-state index in [1.165, 1.54) is 18.2 Å². The molecule has 2 aromatic rings. The summed E-state index contributed by atoms with van der Waals surface area (Å²) in [5.41, 5.74) is 1.65. The Morgan fingerprint density at radius 3 is 2.50 bits per heavy atom. The van der Waals surface area contributed by atoms with Crippen molar-refractivity contribution in [1.82, 2.24) is 0 Å². The molecule has 5 heteroatoms. The van der Waals surface area contributed by atoms with Gasteiger partial charge in [0.05, 0.1) is 5.02 Å². The van der Waals surface area contributed by atoms with E-state index in [0.717, 1.165) is 5.56 Å². The Balaban J connectivity index is 1.95. The number of amides is 1. The van der Waals surface area contributed by atoms with Crippen molar-refractivity contribution in [3.63, 3.8) is 0 Å². The summed E-state index contributed by atoms with van der Waals surface area (Å²) in [4.78, 5) is 12.2. The Bertz CT molecular complexity index is 648. The molecular weight excluding hydrogens is 303 g/mol. The van der Waals surface area contributed by atoms with Gasteiger partial charge < -0.3 is 10.6 Å². The van der Waals surface area contributed by atoms with Gasteiger partial charge in [0.15, 0.2) is 6.04 Å². The van der Waals surface area contributed by atoms with Crippen molar-refractivity contribution in [2.24, 2.45) is 0 Å². The lowest BCUT2D eigenvalue weighted by Crippen LogP contribution is -2.91. The van der Waals surface area contributed by atoms with Gasteiger partial charge in [0.25, 0.3) is 5.91 Å². The topological polar surface area (TPSA) is 45.7 Å². The molecule has 0 saturated heterocycles. The minimum Gasteiger partial charge on any atom is -0.330 e. The minimum atomic E-state index is -0.503. The normalized spacial score (nSPS) is 13.5. The first-order chi connectivity index (χ1) is 10.5. The number of halogens is 2. The quantitative estimate of drug-likeness (QED) is 0.873. The lowest BCUT2D eigenvalue weighted by Gasteiger charge is -2.17. The van der Waals surface area contributed by atoms with E-state index in [0.29, 0.717) is 5.69 Å². The molecule has 2 rings (SSSR count). The van der Waals surface area contributed by atoms with E-state index in [-0.39, 0.29) is 23.0 Å². The Labute approximate surface area is 134 Å². The van der Waals surface area contributed by atoms with Crippen LogP contribution in [0.15, 0.2) is 48.5 Å². The Morgan fingerprint density at radius 1 is 1.18 bits per heavy atom. The van der Waals surface area contributed by atoms with Gasteiger partial charge in [-0.25, -0.2) is 4.39 Å². The number of quaternary nitrogens is 1. The van der Waals surface area contributed by atoms with Gasteiger partial charge in [0, 0.05) is 11.3 Å². The molecule has 0 aliphatic carbocycles. The maximum Gasteiger partial charge on any atom is 0.282 e. The summed E-state index contributed by atoms with van der Waals surface area (Å²) in [6.07, 6.45) is 0. The molecule has 0 fully saturated rings. The molecule has 22 heavy (non-hydrogen) atoms. The molecule has 2 atom stereocenters. The van der Waals surface area contributed by atoms with Gasteiger partial charge >= 0.3 is 0 Å². The fourth-order valence-electron chi connectivity index (χ4n) is 2.22. The fourth-order valence-corrected chi connectivity index (χ4v) is 2.40. The van der Waals surface area contributed by atoms with Gasteiger partial charge in [0.2, 0.25) is 0 Å². The summed E-state index contributed by atoms with van der Waals surface area (Å²) >= 11 is 5.71. The lowest BCUT2D eigenvalue weighted by atomic mass is 10.1. The molecule has 0 aliphatic heterocycles. The minimum absolute atomic E-state index is 0.00733. The highest BCUT2D eigenvalue weighted by Gasteiger charge is 2.20. The molecule has 0 saturated carbocycles. The summed E-state index contributed by atoms with van der Waals surface area (Å²) in [6, 6.07) is 14.0. The first-order valence-corrected chi connectivity index (χ1v) is 7.51. The van der Waals surface area contributed by atoms with E-state index in [1.807, 2.05) is 49.5 Å². The van der Waals surface area contributed by atoms with E-state index in [9.17, 15) is 9.18 Å². The first kappa shape index (κ1) is 16.5. The molecular formula is C17H19ClFN2O+. The number of nitrogens with two attached hydrogens (primary N) is 1. The number of nitrogens with one attached hydrogen (secondary N) is 1. The lowest BCUT2D eigenvalue weighted by molar-refractivity contribution is -0.709. The molecule has 0 spiro atoms. The average Bonchev–Trinajstić information content (AvgIpc) is 2.51. The summed E-state index contributed by atoms with van der Waals surface area (Å²) < 4.78 is 13.1. The predicted molar refractivity (Wildman–Crippen MR) is 86.3 cm³/mol. The van der Waals surface area contributed by atoms with Crippen LogP contribution >= 0.6 is 11.6 Å². The molecule has 0 aliphatic rings. The molecule has 3 nitrogen and oxygen atoms in total. The highest BCUT2D eigenvalue weighted by atomic mass is 35.5. The third-order valence-corrected chi connectivity index (χ3v) is 3.79. The third kappa shape index (κ3) is 4.29. The summed E-state index contributed by atoms with van der Waals surface area (Å²) in [5, 5.41) is 4.72. The summed E-state index contributed by atoms with van der Waals surface area (Å²) in [5.74, 6) is -0.651. The predicted octanol–water partition coefficient (Wildman–Crippen LogP) is 3.13. The van der Waals surface area contributed by atoms with Crippen molar-refractivity contribution in [2.45, 2.75) is 25.9 Å². The molecule has 0 heterocycles. The van der Waals surface area contributed by atoms with Gasteiger partial charge in [-0.1, -0.05) is 41.9 Å². The highest BCUT2D eigenvalue weighted by molar-refractivity contribution is 6.31. The van der Waals surface area contributed by atoms with Crippen LogP contribution in [0.2, 0.25) is 5.02 Å². The monoisotopic (exact) mass is 321 g/mol. The number of hydrogen-bond acceptors (Lipinski definition) is 1. The smallest absolute Gasteiger partial charge is 0.282 e. The first-order valence-electron chi connectivity index (χ1n) is 7.13. The molecule has 1 amide bonds. The maximum absolute atomic E-state index is 13.1. The van der Waals surface area contributed by atoms with Crippen molar-refractivity contribution in [2.75, 3.05) is 5.32 Å². The fraction of sp³-hybridized carbons (Fsp3) is 0.235. The average molecular weight is 322 g/mol. The van der Waals surface area contributed by atoms with E-state index in [4.69, 9.17) is 11.6 Å². The molecule has 0 radical (unpaired) electrons. The van der Waals surface area contributed by atoms with E-state index in [1.54, 1.807) is 0 Å². The molecule has 3 N–H and O–H groups in total. The van der Waals surface area contributed by atoms with Gasteiger partial charge in [-0.3, -0.25) is 4.79 Å². The van der Waals surface area contributed by atoms with Crippen LogP contribution in [0.4, 0.5) is 10.1 Å². The van der Waals surface area contributed by atoms with E-state index in [2.05, 4.69) is 5.32 Å². The summed E-state index contributed by atoms with van der Waals surface area (Å²) in [7, 11) is 0. The highest BCUT2D eigenvalue weighted by Crippen LogP contribution is 2.19. The van der Waals surface area contributed by atoms with E-state index >= 15 is 0 Å². The maximum atomic E-state index is 13.1. The largest absolute Gasteiger partial charge is 0.330 e. The number of rotatable bonds is 5. The zero-order chi connectivity index (χ0) is 16.1. The van der Waals surface area contributed by atoms with Crippen LogP contribution in [-0.2, 0) is 4.79 Å².